The number of benzene rings is 1. The number of hydrogen-bond donors (Lipinski definition) is 2. The summed E-state index contributed by atoms with van der Waals surface area (Å²) in [6, 6.07) is 10.9. The minimum atomic E-state index is -0.731. The van der Waals surface area contributed by atoms with E-state index in [-0.39, 0.29) is 0 Å². The smallest absolute Gasteiger partial charge is 0.166 e. The molecule has 0 bridgehead atoms. The molecule has 0 radical (unpaired) electrons. The van der Waals surface area contributed by atoms with Crippen LogP contribution in [0.25, 0.3) is 0 Å². The van der Waals surface area contributed by atoms with E-state index in [9.17, 15) is 4.79 Å². The summed E-state index contributed by atoms with van der Waals surface area (Å²) in [6.45, 7) is 0. The predicted octanol–water partition coefficient (Wildman–Crippen LogP) is 3.42. The molecule has 0 saturated heterocycles. The number of aromatic nitrogens is 1. The molecule has 0 saturated carbocycles. The van der Waals surface area contributed by atoms with Crippen LogP contribution >= 0.6 is 0 Å². The maximum atomic E-state index is 11.3. The molecule has 1 aromatic carbocycles. The van der Waals surface area contributed by atoms with Gasteiger partial charge >= 0.3 is 0 Å². The van der Waals surface area contributed by atoms with Crippen LogP contribution in [0.5, 0.6) is 0 Å². The molecule has 0 spiro atoms. The maximum absolute atomic E-state index is 11.3. The zero-order chi connectivity index (χ0) is 16.2. The normalized spacial score (nSPS) is 20.7. The van der Waals surface area contributed by atoms with Crippen LogP contribution in [0.2, 0.25) is 0 Å². The molecule has 0 aliphatic carbocycles. The Morgan fingerprint density at radius 3 is 2.91 bits per heavy atom. The van der Waals surface area contributed by atoms with E-state index in [0.29, 0.717) is 6.04 Å². The third kappa shape index (κ3) is 3.62. The summed E-state index contributed by atoms with van der Waals surface area (Å²) in [5, 5.41) is 0. The van der Waals surface area contributed by atoms with Gasteiger partial charge in [0.1, 0.15) is 0 Å². The van der Waals surface area contributed by atoms with Gasteiger partial charge in [-0.05, 0) is 54.1 Å². The van der Waals surface area contributed by atoms with E-state index >= 15 is 0 Å². The Hall–Kier alpha value is -1.72. The largest absolute Gasteiger partial charge is 0.347 e. The summed E-state index contributed by atoms with van der Waals surface area (Å²) >= 11 is 0. The van der Waals surface area contributed by atoms with Crippen LogP contribution in [0.3, 0.4) is 0 Å². The van der Waals surface area contributed by atoms with E-state index in [1.165, 1.54) is 5.56 Å². The van der Waals surface area contributed by atoms with Gasteiger partial charge < -0.3 is 4.57 Å². The fraction of sp³-hybridized carbons (Fsp3) is 0.389. The molecule has 2 unspecified atom stereocenters. The van der Waals surface area contributed by atoms with Crippen LogP contribution in [0.15, 0.2) is 41.4 Å². The Kier molecular flexibility index (Phi) is 5.08. The Morgan fingerprint density at radius 1 is 1.39 bits per heavy atom. The van der Waals surface area contributed by atoms with Crippen molar-refractivity contribution in [2.45, 2.75) is 43.0 Å². The number of aryl methyl sites for hydroxylation is 2. The second-order valence-corrected chi connectivity index (χ2v) is 7.41. The summed E-state index contributed by atoms with van der Waals surface area (Å²) in [6.07, 6.45) is 8.02. The van der Waals surface area contributed by atoms with Crippen molar-refractivity contribution in [1.29, 1.82) is 4.78 Å². The van der Waals surface area contributed by atoms with Gasteiger partial charge in [0.15, 0.2) is 6.29 Å². The van der Waals surface area contributed by atoms with Crippen LogP contribution in [0, 0.1) is 4.78 Å². The Morgan fingerprint density at radius 2 is 2.17 bits per heavy atom. The summed E-state index contributed by atoms with van der Waals surface area (Å²) in [7, 11) is 1.15. The first-order valence-corrected chi connectivity index (χ1v) is 9.30. The topological polar surface area (TPSA) is 57.9 Å². The molecule has 1 aromatic heterocycles. The van der Waals surface area contributed by atoms with Crippen molar-refractivity contribution in [1.82, 2.24) is 9.29 Å². The zero-order valence-electron chi connectivity index (χ0n) is 13.4. The summed E-state index contributed by atoms with van der Waals surface area (Å²) < 4.78 is 13.7. The predicted molar refractivity (Wildman–Crippen MR) is 93.8 cm³/mol. The molecule has 122 valence electrons. The molecule has 2 atom stereocenters. The number of rotatable bonds is 5. The molecule has 2 N–H and O–H groups in total. The molecule has 1 aliphatic rings. The van der Waals surface area contributed by atoms with Gasteiger partial charge in [-0.1, -0.05) is 30.3 Å². The molecule has 0 amide bonds. The molecule has 3 rings (SSSR count). The van der Waals surface area contributed by atoms with Gasteiger partial charge in [-0.15, -0.1) is 0 Å². The second kappa shape index (κ2) is 7.23. The highest BCUT2D eigenvalue weighted by atomic mass is 32.2. The standard InChI is InChI=1S/C18H23N3OS/c1-21-12-18-16(17(21)13-22)11-10-15(20-23(18)19)9-5-8-14-6-3-2-4-7-14/h2-4,6-7,12-13,15H,5,8-11H2,1H3,(H2,19,20). The summed E-state index contributed by atoms with van der Waals surface area (Å²) in [5.74, 6) is 0. The lowest BCUT2D eigenvalue weighted by atomic mass is 10.00. The van der Waals surface area contributed by atoms with E-state index in [1.54, 1.807) is 0 Å². The number of carbonyl (C=O) groups is 1. The van der Waals surface area contributed by atoms with Crippen molar-refractivity contribution in [2.24, 2.45) is 7.05 Å². The van der Waals surface area contributed by atoms with E-state index in [1.807, 2.05) is 23.9 Å². The Labute approximate surface area is 139 Å². The van der Waals surface area contributed by atoms with Gasteiger partial charge in [0.2, 0.25) is 0 Å². The van der Waals surface area contributed by atoms with Crippen molar-refractivity contribution in [2.75, 3.05) is 0 Å². The van der Waals surface area contributed by atoms with Crippen LogP contribution in [-0.4, -0.2) is 16.9 Å². The summed E-state index contributed by atoms with van der Waals surface area (Å²) in [5.41, 5.74) is 3.17. The van der Waals surface area contributed by atoms with Crippen molar-refractivity contribution < 1.29 is 4.79 Å². The van der Waals surface area contributed by atoms with Gasteiger partial charge in [0.05, 0.1) is 10.6 Å². The highest BCUT2D eigenvalue weighted by Crippen LogP contribution is 2.25. The van der Waals surface area contributed by atoms with Crippen LogP contribution in [0.1, 0.15) is 40.9 Å². The molecule has 4 nitrogen and oxygen atoms in total. The number of hydrogen-bond acceptors (Lipinski definition) is 2. The maximum Gasteiger partial charge on any atom is 0.166 e. The first-order chi connectivity index (χ1) is 11.2. The van der Waals surface area contributed by atoms with Crippen LogP contribution < -0.4 is 4.72 Å². The van der Waals surface area contributed by atoms with Gasteiger partial charge in [-0.25, -0.2) is 4.72 Å². The van der Waals surface area contributed by atoms with E-state index < -0.39 is 10.9 Å². The van der Waals surface area contributed by atoms with Crippen molar-refractivity contribution in [3.63, 3.8) is 0 Å². The lowest BCUT2D eigenvalue weighted by molar-refractivity contribution is 0.111. The highest BCUT2D eigenvalue weighted by Gasteiger charge is 2.23. The quantitative estimate of drug-likeness (QED) is 0.826. The van der Waals surface area contributed by atoms with Gasteiger partial charge in [-0.3, -0.25) is 9.57 Å². The highest BCUT2D eigenvalue weighted by molar-refractivity contribution is 7.84. The second-order valence-electron chi connectivity index (χ2n) is 6.12. The zero-order valence-corrected chi connectivity index (χ0v) is 14.2. The summed E-state index contributed by atoms with van der Waals surface area (Å²) in [4.78, 5) is 12.3. The Balaban J connectivity index is 1.61. The Bertz CT molecular complexity index is 709. The average Bonchev–Trinajstić information content (AvgIpc) is 2.81. The van der Waals surface area contributed by atoms with Gasteiger partial charge in [0.25, 0.3) is 0 Å². The molecule has 0 fully saturated rings. The van der Waals surface area contributed by atoms with Gasteiger partial charge in [0, 0.05) is 19.3 Å². The monoisotopic (exact) mass is 329 g/mol. The van der Waals surface area contributed by atoms with Crippen LogP contribution in [0.4, 0.5) is 0 Å². The number of aldehydes is 1. The number of fused-ring (bicyclic) bond motifs is 1. The molecule has 1 aliphatic heterocycles. The minimum Gasteiger partial charge on any atom is -0.347 e. The number of nitrogens with one attached hydrogen (secondary N) is 2. The third-order valence-corrected chi connectivity index (χ3v) is 5.88. The lowest BCUT2D eigenvalue weighted by Gasteiger charge is -2.16. The fourth-order valence-electron chi connectivity index (χ4n) is 3.25. The van der Waals surface area contributed by atoms with E-state index in [0.717, 1.165) is 54.5 Å². The van der Waals surface area contributed by atoms with Crippen molar-refractivity contribution >= 4 is 17.2 Å². The first-order valence-electron chi connectivity index (χ1n) is 8.08. The van der Waals surface area contributed by atoms with Crippen LogP contribution in [-0.2, 0) is 30.8 Å². The average molecular weight is 329 g/mol. The minimum absolute atomic E-state index is 0.358. The number of nitrogens with zero attached hydrogens (tertiary/aromatic N) is 1. The molecular formula is C18H23N3OS. The van der Waals surface area contributed by atoms with Gasteiger partial charge in [-0.2, -0.15) is 0 Å². The lowest BCUT2D eigenvalue weighted by Crippen LogP contribution is -2.29. The van der Waals surface area contributed by atoms with E-state index in [4.69, 9.17) is 4.78 Å². The molecule has 23 heavy (non-hydrogen) atoms. The van der Waals surface area contributed by atoms with Crippen molar-refractivity contribution in [3.05, 3.63) is 53.3 Å². The van der Waals surface area contributed by atoms with Crippen molar-refractivity contribution in [3.8, 4) is 0 Å². The van der Waals surface area contributed by atoms with E-state index in [2.05, 4.69) is 29.0 Å². The fourth-order valence-corrected chi connectivity index (χ4v) is 4.66. The first kappa shape index (κ1) is 16.1. The SMILES string of the molecule is Cn1cc2c(c1C=O)CCC(CCCc1ccccc1)NS2=N. The molecule has 2 heterocycles. The molecule has 2 aromatic rings. The third-order valence-electron chi connectivity index (χ3n) is 4.52. The molecular weight excluding hydrogens is 306 g/mol. The molecule has 5 heteroatoms. The number of carbonyl (C=O) groups excluding carboxylic acids is 1.